The van der Waals surface area contributed by atoms with Crippen molar-refractivity contribution in [2.75, 3.05) is 10.2 Å². The van der Waals surface area contributed by atoms with Gasteiger partial charge in [-0.2, -0.15) is 13.2 Å². The average molecular weight is 348 g/mol. The van der Waals surface area contributed by atoms with Crippen LogP contribution in [0.5, 0.6) is 0 Å². The van der Waals surface area contributed by atoms with Gasteiger partial charge in [-0.3, -0.25) is 9.59 Å². The van der Waals surface area contributed by atoms with E-state index in [0.717, 1.165) is 22.6 Å². The van der Waals surface area contributed by atoms with Crippen molar-refractivity contribution in [3.63, 3.8) is 0 Å². The highest BCUT2D eigenvalue weighted by atomic mass is 19.4. The van der Waals surface area contributed by atoms with Crippen LogP contribution < -0.4 is 10.2 Å². The van der Waals surface area contributed by atoms with Crippen molar-refractivity contribution in [3.05, 3.63) is 59.7 Å². The van der Waals surface area contributed by atoms with Gasteiger partial charge in [-0.25, -0.2) is 4.90 Å². The van der Waals surface area contributed by atoms with Gasteiger partial charge in [0, 0.05) is 5.69 Å². The topological polar surface area (TPSA) is 49.4 Å². The molecule has 2 aromatic rings. The first-order valence-corrected chi connectivity index (χ1v) is 7.63. The van der Waals surface area contributed by atoms with Crippen LogP contribution in [0, 0.1) is 6.92 Å². The van der Waals surface area contributed by atoms with Gasteiger partial charge in [0.2, 0.25) is 5.91 Å². The third kappa shape index (κ3) is 3.50. The van der Waals surface area contributed by atoms with E-state index in [1.807, 2.05) is 19.1 Å². The van der Waals surface area contributed by atoms with Gasteiger partial charge in [-0.1, -0.05) is 23.8 Å². The van der Waals surface area contributed by atoms with Gasteiger partial charge < -0.3 is 5.32 Å². The van der Waals surface area contributed by atoms with Crippen molar-refractivity contribution >= 4 is 23.2 Å². The number of nitrogens with one attached hydrogen (secondary N) is 1. The number of benzene rings is 2. The molecule has 4 nitrogen and oxygen atoms in total. The molecule has 1 heterocycles. The zero-order valence-electron chi connectivity index (χ0n) is 13.3. The zero-order valence-corrected chi connectivity index (χ0v) is 13.3. The lowest BCUT2D eigenvalue weighted by atomic mass is 10.2. The third-order valence-corrected chi connectivity index (χ3v) is 3.97. The summed E-state index contributed by atoms with van der Waals surface area (Å²) in [7, 11) is 0. The maximum Gasteiger partial charge on any atom is 0.416 e. The second-order valence-electron chi connectivity index (χ2n) is 5.88. The fraction of sp³-hybridized carbons (Fsp3) is 0.222. The molecule has 0 bridgehead atoms. The number of nitrogens with zero attached hydrogens (tertiary/aromatic N) is 1. The van der Waals surface area contributed by atoms with Gasteiger partial charge >= 0.3 is 6.18 Å². The predicted molar refractivity (Wildman–Crippen MR) is 87.1 cm³/mol. The molecule has 130 valence electrons. The molecule has 3 rings (SSSR count). The standard InChI is InChI=1S/C18H15F3N2O2/c1-11-5-7-13(8-6-11)22-15-10-16(24)23(17(15)25)14-4-2-3-12(9-14)18(19,20)21/h2-9,15,22H,10H2,1H3/t15-/m1/s1. The molecular weight excluding hydrogens is 333 g/mol. The van der Waals surface area contributed by atoms with Crippen LogP contribution in [0.3, 0.4) is 0 Å². The molecular formula is C18H15F3N2O2. The first-order valence-electron chi connectivity index (χ1n) is 7.63. The van der Waals surface area contributed by atoms with Crippen LogP contribution in [0.2, 0.25) is 0 Å². The number of hydrogen-bond donors (Lipinski definition) is 1. The summed E-state index contributed by atoms with van der Waals surface area (Å²) in [6.45, 7) is 1.92. The summed E-state index contributed by atoms with van der Waals surface area (Å²) in [6, 6.07) is 10.7. The molecule has 2 amide bonds. The number of hydrogen-bond acceptors (Lipinski definition) is 3. The van der Waals surface area contributed by atoms with E-state index in [9.17, 15) is 22.8 Å². The van der Waals surface area contributed by atoms with E-state index < -0.39 is 29.6 Å². The van der Waals surface area contributed by atoms with Gasteiger partial charge in [0.15, 0.2) is 0 Å². The number of amides is 2. The van der Waals surface area contributed by atoms with Crippen LogP contribution >= 0.6 is 0 Å². The van der Waals surface area contributed by atoms with Crippen LogP contribution in [0.4, 0.5) is 24.5 Å². The lowest BCUT2D eigenvalue weighted by Crippen LogP contribution is -2.35. The van der Waals surface area contributed by atoms with Crippen molar-refractivity contribution in [1.82, 2.24) is 0 Å². The Bertz CT molecular complexity index is 816. The Kier molecular flexibility index (Phi) is 4.24. The van der Waals surface area contributed by atoms with E-state index in [1.165, 1.54) is 12.1 Å². The Morgan fingerprint density at radius 2 is 1.76 bits per heavy atom. The predicted octanol–water partition coefficient (Wildman–Crippen LogP) is 3.76. The molecule has 1 aliphatic heterocycles. The molecule has 0 aliphatic carbocycles. The van der Waals surface area contributed by atoms with Gasteiger partial charge in [-0.15, -0.1) is 0 Å². The minimum atomic E-state index is -4.54. The van der Waals surface area contributed by atoms with Gasteiger partial charge in [0.1, 0.15) is 6.04 Å². The van der Waals surface area contributed by atoms with E-state index in [4.69, 9.17) is 0 Å². The molecule has 0 aromatic heterocycles. The molecule has 1 aliphatic rings. The number of rotatable bonds is 3. The van der Waals surface area contributed by atoms with Crippen molar-refractivity contribution in [2.24, 2.45) is 0 Å². The van der Waals surface area contributed by atoms with Crippen molar-refractivity contribution in [1.29, 1.82) is 0 Å². The molecule has 1 atom stereocenters. The van der Waals surface area contributed by atoms with Crippen LogP contribution in [0.25, 0.3) is 0 Å². The van der Waals surface area contributed by atoms with E-state index in [-0.39, 0.29) is 12.1 Å². The maximum atomic E-state index is 12.8. The largest absolute Gasteiger partial charge is 0.416 e. The Hall–Kier alpha value is -2.83. The molecule has 7 heteroatoms. The normalized spacial score (nSPS) is 17.9. The minimum Gasteiger partial charge on any atom is -0.373 e. The highest BCUT2D eigenvalue weighted by Crippen LogP contribution is 2.33. The Labute approximate surface area is 142 Å². The smallest absolute Gasteiger partial charge is 0.373 e. The third-order valence-electron chi connectivity index (χ3n) is 3.97. The summed E-state index contributed by atoms with van der Waals surface area (Å²) in [4.78, 5) is 25.5. The lowest BCUT2D eigenvalue weighted by molar-refractivity contribution is -0.137. The highest BCUT2D eigenvalue weighted by Gasteiger charge is 2.40. The summed E-state index contributed by atoms with van der Waals surface area (Å²) >= 11 is 0. The molecule has 0 radical (unpaired) electrons. The highest BCUT2D eigenvalue weighted by molar-refractivity contribution is 6.23. The zero-order chi connectivity index (χ0) is 18.2. The fourth-order valence-corrected chi connectivity index (χ4v) is 2.69. The Balaban J connectivity index is 1.83. The molecule has 1 saturated heterocycles. The molecule has 1 N–H and O–H groups in total. The quantitative estimate of drug-likeness (QED) is 0.860. The first kappa shape index (κ1) is 17.0. The summed E-state index contributed by atoms with van der Waals surface area (Å²) in [5.41, 5.74) is 0.742. The van der Waals surface area contributed by atoms with Crippen molar-refractivity contribution in [2.45, 2.75) is 25.6 Å². The van der Waals surface area contributed by atoms with E-state index in [1.54, 1.807) is 12.1 Å². The van der Waals surface area contributed by atoms with Gasteiger partial charge in [-0.05, 0) is 37.3 Å². The SMILES string of the molecule is Cc1ccc(N[C@@H]2CC(=O)N(c3cccc(C(F)(F)F)c3)C2=O)cc1. The average Bonchev–Trinajstić information content (AvgIpc) is 2.83. The van der Waals surface area contributed by atoms with Crippen LogP contribution in [-0.2, 0) is 15.8 Å². The summed E-state index contributed by atoms with van der Waals surface area (Å²) < 4.78 is 38.5. The van der Waals surface area contributed by atoms with Gasteiger partial charge in [0.25, 0.3) is 5.91 Å². The van der Waals surface area contributed by atoms with Crippen molar-refractivity contribution < 1.29 is 22.8 Å². The van der Waals surface area contributed by atoms with Gasteiger partial charge in [0.05, 0.1) is 17.7 Å². The number of carbonyl (C=O) groups is 2. The van der Waals surface area contributed by atoms with Crippen LogP contribution in [0.15, 0.2) is 48.5 Å². The fourth-order valence-electron chi connectivity index (χ4n) is 2.69. The molecule has 2 aromatic carbocycles. The molecule has 0 unspecified atom stereocenters. The number of imide groups is 1. The monoisotopic (exact) mass is 348 g/mol. The summed E-state index contributed by atoms with van der Waals surface area (Å²) in [5.74, 6) is -1.10. The maximum absolute atomic E-state index is 12.8. The molecule has 0 saturated carbocycles. The number of halogens is 3. The number of aryl methyl sites for hydroxylation is 1. The van der Waals surface area contributed by atoms with E-state index in [0.29, 0.717) is 5.69 Å². The summed E-state index contributed by atoms with van der Waals surface area (Å²) in [5, 5.41) is 2.96. The summed E-state index contributed by atoms with van der Waals surface area (Å²) in [6.07, 6.45) is -4.65. The molecule has 25 heavy (non-hydrogen) atoms. The number of carbonyl (C=O) groups excluding carboxylic acids is 2. The van der Waals surface area contributed by atoms with Crippen molar-refractivity contribution in [3.8, 4) is 0 Å². The second-order valence-corrected chi connectivity index (χ2v) is 5.88. The number of anilines is 2. The van der Waals surface area contributed by atoms with E-state index in [2.05, 4.69) is 5.32 Å². The van der Waals surface area contributed by atoms with Crippen LogP contribution in [-0.4, -0.2) is 17.9 Å². The van der Waals surface area contributed by atoms with E-state index >= 15 is 0 Å². The Morgan fingerprint density at radius 1 is 1.08 bits per heavy atom. The Morgan fingerprint density at radius 3 is 2.40 bits per heavy atom. The van der Waals surface area contributed by atoms with Crippen LogP contribution in [0.1, 0.15) is 17.5 Å². The molecule has 0 spiro atoms. The second kappa shape index (κ2) is 6.23. The molecule has 1 fully saturated rings. The number of alkyl halides is 3. The first-order chi connectivity index (χ1) is 11.8. The lowest BCUT2D eigenvalue weighted by Gasteiger charge is -2.17. The minimum absolute atomic E-state index is 0.0713.